The summed E-state index contributed by atoms with van der Waals surface area (Å²) in [4.78, 5) is 25.3. The second-order valence-electron chi connectivity index (χ2n) is 7.60. The Morgan fingerprint density at radius 2 is 1.81 bits per heavy atom. The third-order valence-corrected chi connectivity index (χ3v) is 5.90. The minimum absolute atomic E-state index is 0.0807. The average molecular weight is 292 g/mol. The number of amides is 2. The van der Waals surface area contributed by atoms with E-state index in [0.717, 1.165) is 17.8 Å². The Morgan fingerprint density at radius 1 is 1.19 bits per heavy atom. The lowest BCUT2D eigenvalue weighted by Crippen LogP contribution is -2.60. The molecule has 4 aliphatic carbocycles. The molecule has 1 N–H and O–H groups in total. The van der Waals surface area contributed by atoms with E-state index >= 15 is 0 Å². The van der Waals surface area contributed by atoms with Crippen molar-refractivity contribution in [2.45, 2.75) is 50.5 Å². The van der Waals surface area contributed by atoms with Gasteiger partial charge in [0.25, 0.3) is 0 Å². The van der Waals surface area contributed by atoms with Crippen molar-refractivity contribution in [2.24, 2.45) is 17.8 Å². The van der Waals surface area contributed by atoms with Crippen molar-refractivity contribution in [1.29, 1.82) is 0 Å². The molecule has 1 heterocycles. The first-order valence-electron chi connectivity index (χ1n) is 8.35. The van der Waals surface area contributed by atoms with E-state index in [9.17, 15) is 9.59 Å². The van der Waals surface area contributed by atoms with Gasteiger partial charge in [-0.05, 0) is 56.3 Å². The number of rotatable bonds is 4. The molecule has 5 rings (SSSR count). The average Bonchev–Trinajstić information content (AvgIpc) is 2.79. The Balaban J connectivity index is 1.33. The van der Waals surface area contributed by atoms with Crippen molar-refractivity contribution in [3.05, 3.63) is 0 Å². The maximum Gasteiger partial charge on any atom is 0.409 e. The van der Waals surface area contributed by atoms with Gasteiger partial charge in [-0.25, -0.2) is 4.79 Å². The van der Waals surface area contributed by atoms with Gasteiger partial charge in [-0.2, -0.15) is 0 Å². The fourth-order valence-corrected chi connectivity index (χ4v) is 5.49. The molecule has 5 nitrogen and oxygen atoms in total. The van der Waals surface area contributed by atoms with Gasteiger partial charge in [-0.3, -0.25) is 4.79 Å². The highest BCUT2D eigenvalue weighted by molar-refractivity contribution is 5.78. The lowest BCUT2D eigenvalue weighted by Gasteiger charge is -2.56. The van der Waals surface area contributed by atoms with Crippen LogP contribution in [0.2, 0.25) is 0 Å². The van der Waals surface area contributed by atoms with Crippen LogP contribution in [0.3, 0.4) is 0 Å². The quantitative estimate of drug-likeness (QED) is 0.861. The molecule has 0 radical (unpaired) electrons. The maximum absolute atomic E-state index is 12.3. The second kappa shape index (κ2) is 4.89. The molecule has 4 saturated carbocycles. The fraction of sp³-hybridized carbons (Fsp3) is 0.875. The van der Waals surface area contributed by atoms with Crippen LogP contribution in [-0.2, 0) is 9.53 Å². The number of cyclic esters (lactones) is 1. The van der Waals surface area contributed by atoms with Crippen molar-refractivity contribution in [3.63, 3.8) is 0 Å². The summed E-state index contributed by atoms with van der Waals surface area (Å²) in [5.41, 5.74) is 0.0807. The number of ether oxygens (including phenoxy) is 1. The highest BCUT2D eigenvalue weighted by Crippen LogP contribution is 2.55. The lowest BCUT2D eigenvalue weighted by molar-refractivity contribution is -0.127. The van der Waals surface area contributed by atoms with Gasteiger partial charge in [0.05, 0.1) is 6.54 Å². The molecule has 4 bridgehead atoms. The number of hydrogen-bond donors (Lipinski definition) is 1. The Bertz CT molecular complexity index is 427. The van der Waals surface area contributed by atoms with Gasteiger partial charge in [0.1, 0.15) is 6.61 Å². The van der Waals surface area contributed by atoms with Crippen molar-refractivity contribution < 1.29 is 14.3 Å². The third-order valence-electron chi connectivity index (χ3n) is 5.90. The Kier molecular flexibility index (Phi) is 3.12. The number of nitrogens with one attached hydrogen (secondary N) is 1. The van der Waals surface area contributed by atoms with Crippen LogP contribution in [0, 0.1) is 17.8 Å². The van der Waals surface area contributed by atoms with Crippen LogP contribution in [-0.4, -0.2) is 42.1 Å². The highest BCUT2D eigenvalue weighted by atomic mass is 16.6. The first kappa shape index (κ1) is 13.4. The summed E-state index contributed by atoms with van der Waals surface area (Å²) in [7, 11) is 0. The maximum atomic E-state index is 12.3. The first-order chi connectivity index (χ1) is 10.1. The van der Waals surface area contributed by atoms with Gasteiger partial charge < -0.3 is 15.0 Å². The molecular weight excluding hydrogens is 268 g/mol. The minimum atomic E-state index is -0.280. The summed E-state index contributed by atoms with van der Waals surface area (Å²) in [5.74, 6) is 2.62. The molecule has 0 aromatic carbocycles. The van der Waals surface area contributed by atoms with Crippen molar-refractivity contribution in [2.75, 3.05) is 19.7 Å². The molecule has 0 spiro atoms. The van der Waals surface area contributed by atoms with Crippen LogP contribution < -0.4 is 5.32 Å². The van der Waals surface area contributed by atoms with E-state index < -0.39 is 0 Å². The van der Waals surface area contributed by atoms with Gasteiger partial charge >= 0.3 is 6.09 Å². The smallest absolute Gasteiger partial charge is 0.409 e. The van der Waals surface area contributed by atoms with Gasteiger partial charge in [0.2, 0.25) is 5.91 Å². The van der Waals surface area contributed by atoms with E-state index in [-0.39, 0.29) is 17.5 Å². The second-order valence-corrected chi connectivity index (χ2v) is 7.60. The monoisotopic (exact) mass is 292 g/mol. The standard InChI is InChI=1S/C16H24N2O3/c19-14(1-2-18-3-4-21-15(18)20)17-16-8-11-5-12(9-16)7-13(6-11)10-16/h11-13H,1-10H2,(H,17,19). The summed E-state index contributed by atoms with van der Waals surface area (Å²) < 4.78 is 4.89. The molecular formula is C16H24N2O3. The van der Waals surface area contributed by atoms with Crippen LogP contribution in [0.5, 0.6) is 0 Å². The number of hydrogen-bond acceptors (Lipinski definition) is 3. The molecule has 116 valence electrons. The van der Waals surface area contributed by atoms with Crippen LogP contribution in [0.25, 0.3) is 0 Å². The fourth-order valence-electron chi connectivity index (χ4n) is 5.49. The molecule has 1 saturated heterocycles. The molecule has 5 fully saturated rings. The largest absolute Gasteiger partial charge is 0.448 e. The topological polar surface area (TPSA) is 58.6 Å². The Morgan fingerprint density at radius 3 is 2.33 bits per heavy atom. The SMILES string of the molecule is O=C(CCN1CCOC1=O)NC12CC3CC(CC(C3)C1)C2. The zero-order chi connectivity index (χ0) is 14.4. The summed E-state index contributed by atoms with van der Waals surface area (Å²) >= 11 is 0. The van der Waals surface area contributed by atoms with Crippen LogP contribution in [0.1, 0.15) is 44.9 Å². The zero-order valence-corrected chi connectivity index (χ0v) is 12.5. The molecule has 0 aromatic rings. The number of carbonyl (C=O) groups is 2. The molecule has 1 aliphatic heterocycles. The van der Waals surface area contributed by atoms with Crippen LogP contribution in [0.15, 0.2) is 0 Å². The van der Waals surface area contributed by atoms with E-state index in [1.807, 2.05) is 0 Å². The third kappa shape index (κ3) is 2.51. The van der Waals surface area contributed by atoms with E-state index in [1.54, 1.807) is 4.90 Å². The summed E-state index contributed by atoms with van der Waals surface area (Å²) in [5, 5.41) is 3.35. The van der Waals surface area contributed by atoms with Crippen LogP contribution in [0.4, 0.5) is 4.79 Å². The number of carbonyl (C=O) groups excluding carboxylic acids is 2. The van der Waals surface area contributed by atoms with Crippen molar-refractivity contribution in [3.8, 4) is 0 Å². The molecule has 5 aliphatic rings. The Labute approximate surface area is 125 Å². The summed E-state index contributed by atoms with van der Waals surface area (Å²) in [6.07, 6.45) is 7.80. The molecule has 5 heteroatoms. The summed E-state index contributed by atoms with van der Waals surface area (Å²) in [6, 6.07) is 0. The normalized spacial score (nSPS) is 40.5. The molecule has 0 unspecified atom stereocenters. The molecule has 2 amide bonds. The van der Waals surface area contributed by atoms with Crippen LogP contribution >= 0.6 is 0 Å². The van der Waals surface area contributed by atoms with E-state index in [1.165, 1.54) is 38.5 Å². The Hall–Kier alpha value is -1.26. The predicted molar refractivity (Wildman–Crippen MR) is 76.6 cm³/mol. The van der Waals surface area contributed by atoms with E-state index in [2.05, 4.69) is 5.32 Å². The zero-order valence-electron chi connectivity index (χ0n) is 12.5. The van der Waals surface area contributed by atoms with E-state index in [4.69, 9.17) is 4.74 Å². The van der Waals surface area contributed by atoms with Gasteiger partial charge in [0, 0.05) is 18.5 Å². The predicted octanol–water partition coefficient (Wildman–Crippen LogP) is 1.91. The minimum Gasteiger partial charge on any atom is -0.448 e. The lowest BCUT2D eigenvalue weighted by atomic mass is 9.53. The van der Waals surface area contributed by atoms with Crippen molar-refractivity contribution in [1.82, 2.24) is 10.2 Å². The highest BCUT2D eigenvalue weighted by Gasteiger charge is 2.51. The first-order valence-corrected chi connectivity index (χ1v) is 8.35. The molecule has 21 heavy (non-hydrogen) atoms. The van der Waals surface area contributed by atoms with Gasteiger partial charge in [-0.1, -0.05) is 0 Å². The molecule has 0 atom stereocenters. The summed E-state index contributed by atoms with van der Waals surface area (Å²) in [6.45, 7) is 1.55. The van der Waals surface area contributed by atoms with Crippen molar-refractivity contribution >= 4 is 12.0 Å². The molecule has 0 aromatic heterocycles. The number of nitrogens with zero attached hydrogens (tertiary/aromatic N) is 1. The van der Waals surface area contributed by atoms with Gasteiger partial charge in [-0.15, -0.1) is 0 Å². The van der Waals surface area contributed by atoms with Gasteiger partial charge in [0.15, 0.2) is 0 Å². The van der Waals surface area contributed by atoms with E-state index in [0.29, 0.717) is 26.1 Å².